The fourth-order valence-electron chi connectivity index (χ4n) is 3.51. The van der Waals surface area contributed by atoms with Gasteiger partial charge in [-0.2, -0.15) is 0 Å². The molecule has 1 aromatic heterocycles. The zero-order chi connectivity index (χ0) is 21.3. The Morgan fingerprint density at radius 1 is 1.07 bits per heavy atom. The van der Waals surface area contributed by atoms with Crippen LogP contribution in [-0.4, -0.2) is 42.0 Å². The van der Waals surface area contributed by atoms with Gasteiger partial charge < -0.3 is 9.80 Å². The summed E-state index contributed by atoms with van der Waals surface area (Å²) in [5, 5.41) is 1.72. The molecule has 3 aromatic rings. The Kier molecular flexibility index (Phi) is 5.85. The predicted molar refractivity (Wildman–Crippen MR) is 128 cm³/mol. The van der Waals surface area contributed by atoms with E-state index in [0.717, 1.165) is 39.0 Å². The molecule has 0 spiro atoms. The van der Waals surface area contributed by atoms with Crippen LogP contribution in [0.1, 0.15) is 31.9 Å². The molecule has 0 aliphatic carbocycles. The number of fused-ring (bicyclic) bond motifs is 1. The largest absolute Gasteiger partial charge is 0.345 e. The first-order valence-corrected chi connectivity index (χ1v) is 11.4. The number of hydrogen-bond acceptors (Lipinski definition) is 4. The minimum absolute atomic E-state index is 0.0608. The molecule has 2 aromatic carbocycles. The first-order valence-electron chi connectivity index (χ1n) is 10.2. The SMILES string of the molecule is CC(C)(C)c1ccc(/C=C/C(=O)N2CCN(c3nc4ccc(Cl)cc4s3)CC2)cc1. The highest BCUT2D eigenvalue weighted by Crippen LogP contribution is 2.31. The second-order valence-electron chi connectivity index (χ2n) is 8.63. The number of nitrogens with zero attached hydrogens (tertiary/aromatic N) is 3. The van der Waals surface area contributed by atoms with E-state index in [2.05, 4.69) is 49.9 Å². The third kappa shape index (κ3) is 4.68. The van der Waals surface area contributed by atoms with Crippen LogP contribution in [0, 0.1) is 0 Å². The summed E-state index contributed by atoms with van der Waals surface area (Å²) in [6, 6.07) is 14.2. The topological polar surface area (TPSA) is 36.4 Å². The van der Waals surface area contributed by atoms with Crippen molar-refractivity contribution in [3.63, 3.8) is 0 Å². The molecule has 0 unspecified atom stereocenters. The first-order chi connectivity index (χ1) is 14.3. The van der Waals surface area contributed by atoms with E-state index in [1.807, 2.05) is 29.2 Å². The fourth-order valence-corrected chi connectivity index (χ4v) is 4.80. The highest BCUT2D eigenvalue weighted by molar-refractivity contribution is 7.22. The lowest BCUT2D eigenvalue weighted by molar-refractivity contribution is -0.126. The quantitative estimate of drug-likeness (QED) is 0.497. The molecule has 0 N–H and O–H groups in total. The van der Waals surface area contributed by atoms with Crippen molar-refractivity contribution in [2.75, 3.05) is 31.1 Å². The van der Waals surface area contributed by atoms with Gasteiger partial charge in [0, 0.05) is 37.3 Å². The third-order valence-electron chi connectivity index (χ3n) is 5.40. The third-order valence-corrected chi connectivity index (χ3v) is 6.71. The standard InChI is InChI=1S/C24H26ClN3OS/c1-24(2,3)18-7-4-17(5-8-18)6-11-22(29)27-12-14-28(15-13-27)23-26-20-10-9-19(25)16-21(20)30-23/h4-11,16H,12-15H2,1-3H3/b11-6+. The smallest absolute Gasteiger partial charge is 0.246 e. The van der Waals surface area contributed by atoms with Gasteiger partial charge in [0.25, 0.3) is 0 Å². The van der Waals surface area contributed by atoms with Gasteiger partial charge >= 0.3 is 0 Å². The number of piperazine rings is 1. The Labute approximate surface area is 186 Å². The van der Waals surface area contributed by atoms with Gasteiger partial charge in [0.15, 0.2) is 5.13 Å². The second-order valence-corrected chi connectivity index (χ2v) is 10.1. The van der Waals surface area contributed by atoms with Crippen molar-refractivity contribution in [1.82, 2.24) is 9.88 Å². The van der Waals surface area contributed by atoms with Gasteiger partial charge in [0.1, 0.15) is 0 Å². The molecule has 1 amide bonds. The molecule has 4 rings (SSSR count). The molecule has 4 nitrogen and oxygen atoms in total. The maximum Gasteiger partial charge on any atom is 0.246 e. The summed E-state index contributed by atoms with van der Waals surface area (Å²) in [5.74, 6) is 0.0608. The van der Waals surface area contributed by atoms with Crippen molar-refractivity contribution in [3.05, 3.63) is 64.7 Å². The van der Waals surface area contributed by atoms with Crippen LogP contribution in [0.2, 0.25) is 5.02 Å². The fraction of sp³-hybridized carbons (Fsp3) is 0.333. The number of aromatic nitrogens is 1. The Hall–Kier alpha value is -2.37. The predicted octanol–water partition coefficient (Wildman–Crippen LogP) is 5.61. The Bertz CT molecular complexity index is 1070. The summed E-state index contributed by atoms with van der Waals surface area (Å²) in [4.78, 5) is 21.5. The van der Waals surface area contributed by atoms with Crippen LogP contribution in [-0.2, 0) is 10.2 Å². The highest BCUT2D eigenvalue weighted by Gasteiger charge is 2.22. The zero-order valence-electron chi connectivity index (χ0n) is 17.6. The molecule has 1 aliphatic rings. The minimum Gasteiger partial charge on any atom is -0.345 e. The Morgan fingerprint density at radius 3 is 2.43 bits per heavy atom. The van der Waals surface area contributed by atoms with Crippen LogP contribution in [0.4, 0.5) is 5.13 Å². The van der Waals surface area contributed by atoms with Crippen LogP contribution >= 0.6 is 22.9 Å². The molecule has 1 saturated heterocycles. The molecule has 0 radical (unpaired) electrons. The molecule has 0 saturated carbocycles. The van der Waals surface area contributed by atoms with Crippen molar-refractivity contribution >= 4 is 50.3 Å². The van der Waals surface area contributed by atoms with Gasteiger partial charge in [0.2, 0.25) is 5.91 Å². The number of carbonyl (C=O) groups excluding carboxylic acids is 1. The van der Waals surface area contributed by atoms with Crippen LogP contribution in [0.25, 0.3) is 16.3 Å². The molecular weight excluding hydrogens is 414 g/mol. The minimum atomic E-state index is 0.0608. The highest BCUT2D eigenvalue weighted by atomic mass is 35.5. The number of benzene rings is 2. The molecule has 2 heterocycles. The van der Waals surface area contributed by atoms with Gasteiger partial charge in [0.05, 0.1) is 10.2 Å². The van der Waals surface area contributed by atoms with E-state index >= 15 is 0 Å². The summed E-state index contributed by atoms with van der Waals surface area (Å²) >= 11 is 7.73. The Morgan fingerprint density at radius 2 is 1.77 bits per heavy atom. The van der Waals surface area contributed by atoms with E-state index in [1.54, 1.807) is 17.4 Å². The molecule has 156 valence electrons. The summed E-state index contributed by atoms with van der Waals surface area (Å²) in [7, 11) is 0. The second kappa shape index (κ2) is 8.40. The van der Waals surface area contributed by atoms with Gasteiger partial charge in [-0.05, 0) is 40.8 Å². The molecule has 1 fully saturated rings. The summed E-state index contributed by atoms with van der Waals surface area (Å²) in [5.41, 5.74) is 3.44. The molecule has 30 heavy (non-hydrogen) atoms. The molecular formula is C24H26ClN3OS. The summed E-state index contributed by atoms with van der Waals surface area (Å²) in [6.07, 6.45) is 3.58. The van der Waals surface area contributed by atoms with E-state index < -0.39 is 0 Å². The van der Waals surface area contributed by atoms with E-state index in [9.17, 15) is 4.79 Å². The lowest BCUT2D eigenvalue weighted by Crippen LogP contribution is -2.48. The lowest BCUT2D eigenvalue weighted by Gasteiger charge is -2.34. The average Bonchev–Trinajstić information content (AvgIpc) is 3.15. The number of halogens is 1. The van der Waals surface area contributed by atoms with Crippen LogP contribution in [0.15, 0.2) is 48.5 Å². The van der Waals surface area contributed by atoms with Gasteiger partial charge in [-0.15, -0.1) is 0 Å². The van der Waals surface area contributed by atoms with Crippen LogP contribution in [0.3, 0.4) is 0 Å². The number of carbonyl (C=O) groups is 1. The van der Waals surface area contributed by atoms with Crippen molar-refractivity contribution in [1.29, 1.82) is 0 Å². The number of amides is 1. The average molecular weight is 440 g/mol. The van der Waals surface area contributed by atoms with Crippen LogP contribution in [0.5, 0.6) is 0 Å². The monoisotopic (exact) mass is 439 g/mol. The van der Waals surface area contributed by atoms with Crippen LogP contribution < -0.4 is 4.90 Å². The molecule has 6 heteroatoms. The van der Waals surface area contributed by atoms with Crippen molar-refractivity contribution in [2.45, 2.75) is 26.2 Å². The normalized spacial score (nSPS) is 15.3. The van der Waals surface area contributed by atoms with Crippen molar-refractivity contribution < 1.29 is 4.79 Å². The van der Waals surface area contributed by atoms with Crippen molar-refractivity contribution in [2.24, 2.45) is 0 Å². The zero-order valence-corrected chi connectivity index (χ0v) is 19.1. The molecule has 1 aliphatic heterocycles. The van der Waals surface area contributed by atoms with Crippen molar-refractivity contribution in [3.8, 4) is 0 Å². The van der Waals surface area contributed by atoms with E-state index in [4.69, 9.17) is 16.6 Å². The lowest BCUT2D eigenvalue weighted by atomic mass is 9.87. The molecule has 0 bridgehead atoms. The van der Waals surface area contributed by atoms with E-state index in [1.165, 1.54) is 5.56 Å². The maximum atomic E-state index is 12.6. The molecule has 0 atom stereocenters. The maximum absolute atomic E-state index is 12.6. The number of hydrogen-bond donors (Lipinski definition) is 0. The van der Waals surface area contributed by atoms with Gasteiger partial charge in [-0.25, -0.2) is 4.98 Å². The van der Waals surface area contributed by atoms with E-state index in [-0.39, 0.29) is 11.3 Å². The van der Waals surface area contributed by atoms with Gasteiger partial charge in [-0.1, -0.05) is 68.0 Å². The van der Waals surface area contributed by atoms with E-state index in [0.29, 0.717) is 13.1 Å². The van der Waals surface area contributed by atoms with Gasteiger partial charge in [-0.3, -0.25) is 4.79 Å². The summed E-state index contributed by atoms with van der Waals surface area (Å²) < 4.78 is 1.09. The number of anilines is 1. The Balaban J connectivity index is 1.35. The number of rotatable bonds is 3. The first kappa shape index (κ1) is 20.9. The summed E-state index contributed by atoms with van der Waals surface area (Å²) in [6.45, 7) is 9.56. The number of thiazole rings is 1.